The lowest BCUT2D eigenvalue weighted by molar-refractivity contribution is 0.734. The van der Waals surface area contributed by atoms with Crippen molar-refractivity contribution in [3.63, 3.8) is 0 Å². The molecule has 1 heterocycles. The Balaban J connectivity index is 2.69. The van der Waals surface area contributed by atoms with Crippen LogP contribution in [-0.2, 0) is 13.6 Å². The molecule has 0 bridgehead atoms. The third-order valence-electron chi connectivity index (χ3n) is 1.27. The second-order valence-corrected chi connectivity index (χ2v) is 2.03. The van der Waals surface area contributed by atoms with Gasteiger partial charge < -0.3 is 9.88 Å². The molecule has 3 heteroatoms. The summed E-state index contributed by atoms with van der Waals surface area (Å²) in [6, 6.07) is 0. The van der Waals surface area contributed by atoms with E-state index in [-0.39, 0.29) is 0 Å². The van der Waals surface area contributed by atoms with Gasteiger partial charge in [0.05, 0.1) is 12.0 Å². The van der Waals surface area contributed by atoms with Crippen LogP contribution in [-0.4, -0.2) is 16.6 Å². The van der Waals surface area contributed by atoms with Gasteiger partial charge in [0.15, 0.2) is 0 Å². The van der Waals surface area contributed by atoms with Crippen LogP contribution in [0.25, 0.3) is 0 Å². The zero-order valence-corrected chi connectivity index (χ0v) is 5.76. The zero-order valence-electron chi connectivity index (χ0n) is 5.76. The third kappa shape index (κ3) is 1.29. The molecule has 0 radical (unpaired) electrons. The van der Waals surface area contributed by atoms with Gasteiger partial charge in [0.25, 0.3) is 0 Å². The molecule has 1 rings (SSSR count). The predicted molar refractivity (Wildman–Crippen MR) is 36.0 cm³/mol. The second-order valence-electron chi connectivity index (χ2n) is 2.03. The average Bonchev–Trinajstić information content (AvgIpc) is 2.18. The minimum atomic E-state index is 0.885. The molecule has 0 saturated carbocycles. The van der Waals surface area contributed by atoms with E-state index in [1.807, 2.05) is 24.9 Å². The van der Waals surface area contributed by atoms with E-state index in [2.05, 4.69) is 10.3 Å². The lowest BCUT2D eigenvalue weighted by atomic mass is 10.5. The van der Waals surface area contributed by atoms with Crippen molar-refractivity contribution in [1.29, 1.82) is 0 Å². The zero-order chi connectivity index (χ0) is 6.69. The molecule has 0 aliphatic rings. The van der Waals surface area contributed by atoms with Crippen LogP contribution in [0.5, 0.6) is 0 Å². The van der Waals surface area contributed by atoms with Crippen LogP contribution in [0.2, 0.25) is 0 Å². The van der Waals surface area contributed by atoms with Gasteiger partial charge in [0.1, 0.15) is 0 Å². The quantitative estimate of drug-likeness (QED) is 0.609. The van der Waals surface area contributed by atoms with Gasteiger partial charge in [-0.2, -0.15) is 0 Å². The van der Waals surface area contributed by atoms with Crippen LogP contribution in [0.4, 0.5) is 0 Å². The first-order chi connectivity index (χ1) is 4.34. The molecule has 1 aromatic heterocycles. The van der Waals surface area contributed by atoms with Crippen molar-refractivity contribution < 1.29 is 0 Å². The Bertz CT molecular complexity index is 180. The van der Waals surface area contributed by atoms with Crippen molar-refractivity contribution in [2.75, 3.05) is 7.05 Å². The van der Waals surface area contributed by atoms with E-state index in [0.29, 0.717) is 0 Å². The Morgan fingerprint density at radius 2 is 2.56 bits per heavy atom. The number of hydrogen-bond acceptors (Lipinski definition) is 2. The highest BCUT2D eigenvalue weighted by Crippen LogP contribution is 1.92. The molecule has 0 saturated heterocycles. The number of rotatable bonds is 2. The molecule has 9 heavy (non-hydrogen) atoms. The predicted octanol–water partition coefficient (Wildman–Crippen LogP) is 0.139. The molecule has 1 N–H and O–H groups in total. The van der Waals surface area contributed by atoms with E-state index < -0.39 is 0 Å². The van der Waals surface area contributed by atoms with Crippen molar-refractivity contribution in [2.24, 2.45) is 7.05 Å². The van der Waals surface area contributed by atoms with Crippen molar-refractivity contribution >= 4 is 0 Å². The molecule has 0 spiro atoms. The Morgan fingerprint density at radius 1 is 1.78 bits per heavy atom. The summed E-state index contributed by atoms with van der Waals surface area (Å²) in [6.45, 7) is 0.885. The lowest BCUT2D eigenvalue weighted by Crippen LogP contribution is -2.08. The molecule has 1 aromatic rings. The average molecular weight is 125 g/mol. The number of nitrogens with zero attached hydrogens (tertiary/aromatic N) is 2. The summed E-state index contributed by atoms with van der Waals surface area (Å²) in [5.74, 6) is 0. The van der Waals surface area contributed by atoms with E-state index in [4.69, 9.17) is 0 Å². The molecule has 3 nitrogen and oxygen atoms in total. The van der Waals surface area contributed by atoms with Crippen molar-refractivity contribution in [1.82, 2.24) is 14.9 Å². The molecular formula is C6H11N3. The molecule has 50 valence electrons. The molecule has 0 amide bonds. The maximum atomic E-state index is 3.96. The molecule has 0 atom stereocenters. The fourth-order valence-electron chi connectivity index (χ4n) is 0.736. The maximum Gasteiger partial charge on any atom is 0.0945 e. The van der Waals surface area contributed by atoms with Gasteiger partial charge in [-0.05, 0) is 7.05 Å². The highest BCUT2D eigenvalue weighted by molar-refractivity contribution is 4.96. The van der Waals surface area contributed by atoms with Crippen molar-refractivity contribution in [3.8, 4) is 0 Å². The fourth-order valence-corrected chi connectivity index (χ4v) is 0.736. The summed E-state index contributed by atoms with van der Waals surface area (Å²) in [5, 5.41) is 3.05. The molecule has 0 aliphatic heterocycles. The van der Waals surface area contributed by atoms with Gasteiger partial charge in [-0.15, -0.1) is 0 Å². The number of aromatic nitrogens is 2. The van der Waals surface area contributed by atoms with Crippen LogP contribution in [0.3, 0.4) is 0 Å². The summed E-state index contributed by atoms with van der Waals surface area (Å²) in [6.07, 6.45) is 3.66. The highest BCUT2D eigenvalue weighted by Gasteiger charge is 1.92. The normalized spacial score (nSPS) is 10.0. The molecule has 0 aliphatic carbocycles. The van der Waals surface area contributed by atoms with E-state index in [1.54, 1.807) is 6.33 Å². The van der Waals surface area contributed by atoms with Crippen LogP contribution < -0.4 is 5.32 Å². The Labute approximate surface area is 54.7 Å². The van der Waals surface area contributed by atoms with Gasteiger partial charge in [0, 0.05) is 19.8 Å². The monoisotopic (exact) mass is 125 g/mol. The SMILES string of the molecule is CNCc1cncn1C. The largest absolute Gasteiger partial charge is 0.337 e. The van der Waals surface area contributed by atoms with Crippen LogP contribution in [0.1, 0.15) is 5.69 Å². The first-order valence-corrected chi connectivity index (χ1v) is 2.94. The van der Waals surface area contributed by atoms with E-state index in [9.17, 15) is 0 Å². The number of hydrogen-bond donors (Lipinski definition) is 1. The molecule has 0 fully saturated rings. The smallest absolute Gasteiger partial charge is 0.0945 e. The highest BCUT2D eigenvalue weighted by atomic mass is 15.0. The topological polar surface area (TPSA) is 29.9 Å². The number of nitrogens with one attached hydrogen (secondary N) is 1. The standard InChI is InChI=1S/C6H11N3/c1-7-3-6-4-8-5-9(6)2/h4-5,7H,3H2,1-2H3. The van der Waals surface area contributed by atoms with E-state index in [1.165, 1.54) is 5.69 Å². The number of imidazole rings is 1. The summed E-state index contributed by atoms with van der Waals surface area (Å²) in [5.41, 5.74) is 1.21. The summed E-state index contributed by atoms with van der Waals surface area (Å²) >= 11 is 0. The Morgan fingerprint density at radius 3 is 3.00 bits per heavy atom. The van der Waals surface area contributed by atoms with Gasteiger partial charge in [-0.25, -0.2) is 4.98 Å². The first-order valence-electron chi connectivity index (χ1n) is 2.94. The minimum Gasteiger partial charge on any atom is -0.337 e. The Hall–Kier alpha value is -0.830. The third-order valence-corrected chi connectivity index (χ3v) is 1.27. The summed E-state index contributed by atoms with van der Waals surface area (Å²) in [4.78, 5) is 3.96. The van der Waals surface area contributed by atoms with Crippen LogP contribution in [0.15, 0.2) is 12.5 Å². The molecule has 0 unspecified atom stereocenters. The first kappa shape index (κ1) is 6.29. The van der Waals surface area contributed by atoms with Gasteiger partial charge in [-0.3, -0.25) is 0 Å². The van der Waals surface area contributed by atoms with Crippen molar-refractivity contribution in [2.45, 2.75) is 6.54 Å². The van der Waals surface area contributed by atoms with Gasteiger partial charge in [0.2, 0.25) is 0 Å². The lowest BCUT2D eigenvalue weighted by Gasteiger charge is -1.97. The van der Waals surface area contributed by atoms with Gasteiger partial charge in [-0.1, -0.05) is 0 Å². The minimum absolute atomic E-state index is 0.885. The molecular weight excluding hydrogens is 114 g/mol. The summed E-state index contributed by atoms with van der Waals surface area (Å²) < 4.78 is 2.00. The Kier molecular flexibility index (Phi) is 1.85. The van der Waals surface area contributed by atoms with Crippen molar-refractivity contribution in [3.05, 3.63) is 18.2 Å². The second kappa shape index (κ2) is 2.64. The number of aryl methyl sites for hydroxylation is 1. The molecule has 0 aromatic carbocycles. The van der Waals surface area contributed by atoms with Crippen LogP contribution >= 0.6 is 0 Å². The van der Waals surface area contributed by atoms with Gasteiger partial charge >= 0.3 is 0 Å². The fraction of sp³-hybridized carbons (Fsp3) is 0.500. The summed E-state index contributed by atoms with van der Waals surface area (Å²) in [7, 11) is 3.91. The maximum absolute atomic E-state index is 3.96. The van der Waals surface area contributed by atoms with E-state index in [0.717, 1.165) is 6.54 Å². The van der Waals surface area contributed by atoms with Crippen LogP contribution in [0, 0.1) is 0 Å². The van der Waals surface area contributed by atoms with E-state index >= 15 is 0 Å².